The highest BCUT2D eigenvalue weighted by atomic mass is 16.5. The highest BCUT2D eigenvalue weighted by Gasteiger charge is 2.25. The standard InChI is InChI=1S/C19H22N6O2/c1-4-24(15(3)13-27-17-8-7-14(2)12-21-17)19(26)18-16(6-5-9-20-18)25-22-10-11-23-25/h5-12,15H,4,13H2,1-3H3/t15-/m0/s1. The Morgan fingerprint density at radius 1 is 1.19 bits per heavy atom. The molecule has 27 heavy (non-hydrogen) atoms. The Kier molecular flexibility index (Phi) is 5.75. The molecule has 0 radical (unpaired) electrons. The number of rotatable bonds is 7. The van der Waals surface area contributed by atoms with E-state index in [-0.39, 0.29) is 11.9 Å². The summed E-state index contributed by atoms with van der Waals surface area (Å²) in [4.78, 5) is 24.7. The van der Waals surface area contributed by atoms with Crippen LogP contribution in [-0.2, 0) is 0 Å². The first-order valence-electron chi connectivity index (χ1n) is 8.78. The number of carbonyl (C=O) groups is 1. The molecule has 3 aromatic heterocycles. The number of amides is 1. The molecule has 0 aliphatic rings. The molecular formula is C19H22N6O2. The summed E-state index contributed by atoms with van der Waals surface area (Å²) in [7, 11) is 0. The number of hydrogen-bond acceptors (Lipinski definition) is 6. The van der Waals surface area contributed by atoms with Gasteiger partial charge in [0.15, 0.2) is 5.69 Å². The molecule has 0 aliphatic heterocycles. The largest absolute Gasteiger partial charge is 0.475 e. The minimum absolute atomic E-state index is 0.161. The second-order valence-electron chi connectivity index (χ2n) is 6.11. The Balaban J connectivity index is 1.75. The number of nitrogens with zero attached hydrogens (tertiary/aromatic N) is 6. The monoisotopic (exact) mass is 366 g/mol. The quantitative estimate of drug-likeness (QED) is 0.638. The minimum atomic E-state index is -0.196. The Morgan fingerprint density at radius 3 is 2.63 bits per heavy atom. The fraction of sp³-hybridized carbons (Fsp3) is 0.316. The zero-order valence-electron chi connectivity index (χ0n) is 15.6. The van der Waals surface area contributed by atoms with E-state index < -0.39 is 0 Å². The molecule has 0 fully saturated rings. The third-order valence-electron chi connectivity index (χ3n) is 4.11. The number of aryl methyl sites for hydroxylation is 1. The molecule has 0 saturated carbocycles. The minimum Gasteiger partial charge on any atom is -0.475 e. The van der Waals surface area contributed by atoms with Crippen LogP contribution in [0, 0.1) is 6.92 Å². The van der Waals surface area contributed by atoms with Gasteiger partial charge < -0.3 is 9.64 Å². The highest BCUT2D eigenvalue weighted by molar-refractivity contribution is 5.95. The van der Waals surface area contributed by atoms with Gasteiger partial charge >= 0.3 is 0 Å². The zero-order chi connectivity index (χ0) is 19.2. The van der Waals surface area contributed by atoms with E-state index in [1.54, 1.807) is 41.8 Å². The SMILES string of the molecule is CCN(C(=O)c1ncccc1-n1nccn1)[C@@H](C)COc1ccc(C)cn1. The van der Waals surface area contributed by atoms with E-state index in [1.807, 2.05) is 32.9 Å². The number of aromatic nitrogens is 5. The lowest BCUT2D eigenvalue weighted by atomic mass is 10.2. The highest BCUT2D eigenvalue weighted by Crippen LogP contribution is 2.15. The molecule has 0 N–H and O–H groups in total. The van der Waals surface area contributed by atoms with Crippen LogP contribution in [0.25, 0.3) is 5.69 Å². The first-order valence-corrected chi connectivity index (χ1v) is 8.78. The van der Waals surface area contributed by atoms with Crippen LogP contribution in [0.5, 0.6) is 5.88 Å². The molecule has 140 valence electrons. The predicted molar refractivity (Wildman–Crippen MR) is 99.8 cm³/mol. The second-order valence-corrected chi connectivity index (χ2v) is 6.11. The second kappa shape index (κ2) is 8.39. The Morgan fingerprint density at radius 2 is 1.96 bits per heavy atom. The van der Waals surface area contributed by atoms with Gasteiger partial charge in [-0.3, -0.25) is 4.79 Å². The first-order chi connectivity index (χ1) is 13.1. The molecule has 3 heterocycles. The van der Waals surface area contributed by atoms with Crippen molar-refractivity contribution in [2.75, 3.05) is 13.2 Å². The van der Waals surface area contributed by atoms with E-state index in [4.69, 9.17) is 4.74 Å². The lowest BCUT2D eigenvalue weighted by molar-refractivity contribution is 0.0640. The zero-order valence-corrected chi connectivity index (χ0v) is 15.6. The van der Waals surface area contributed by atoms with Gasteiger partial charge in [0, 0.05) is 25.0 Å². The number of pyridine rings is 2. The van der Waals surface area contributed by atoms with E-state index in [9.17, 15) is 4.79 Å². The molecule has 1 amide bonds. The fourth-order valence-corrected chi connectivity index (χ4v) is 2.69. The molecule has 3 aromatic rings. The molecule has 0 saturated heterocycles. The van der Waals surface area contributed by atoms with Crippen molar-refractivity contribution in [2.24, 2.45) is 0 Å². The van der Waals surface area contributed by atoms with E-state index in [0.717, 1.165) is 5.56 Å². The molecule has 8 nitrogen and oxygen atoms in total. The van der Waals surface area contributed by atoms with Crippen LogP contribution >= 0.6 is 0 Å². The van der Waals surface area contributed by atoms with Gasteiger partial charge in [0.1, 0.15) is 12.3 Å². The summed E-state index contributed by atoms with van der Waals surface area (Å²) in [5.41, 5.74) is 1.91. The van der Waals surface area contributed by atoms with Crippen molar-refractivity contribution in [3.05, 3.63) is 60.3 Å². The third-order valence-corrected chi connectivity index (χ3v) is 4.11. The number of ether oxygens (including phenoxy) is 1. The third kappa shape index (κ3) is 4.28. The maximum absolute atomic E-state index is 13.1. The lowest BCUT2D eigenvalue weighted by Gasteiger charge is -2.28. The topological polar surface area (TPSA) is 86.0 Å². The van der Waals surface area contributed by atoms with Crippen LogP contribution in [0.15, 0.2) is 49.1 Å². The smallest absolute Gasteiger partial charge is 0.275 e. The molecule has 1 atom stereocenters. The molecule has 0 bridgehead atoms. The number of carbonyl (C=O) groups excluding carboxylic acids is 1. The van der Waals surface area contributed by atoms with Crippen molar-refractivity contribution < 1.29 is 9.53 Å². The maximum atomic E-state index is 13.1. The van der Waals surface area contributed by atoms with Crippen LogP contribution < -0.4 is 4.74 Å². The van der Waals surface area contributed by atoms with Crippen LogP contribution in [0.2, 0.25) is 0 Å². The summed E-state index contributed by atoms with van der Waals surface area (Å²) in [6, 6.07) is 7.12. The van der Waals surface area contributed by atoms with Gasteiger partial charge in [-0.15, -0.1) is 4.80 Å². The van der Waals surface area contributed by atoms with Crippen molar-refractivity contribution in [3.8, 4) is 11.6 Å². The van der Waals surface area contributed by atoms with Gasteiger partial charge in [0.05, 0.1) is 18.4 Å². The van der Waals surface area contributed by atoms with Gasteiger partial charge in [-0.05, 0) is 38.5 Å². The molecule has 0 aromatic carbocycles. The number of hydrogen-bond donors (Lipinski definition) is 0. The summed E-state index contributed by atoms with van der Waals surface area (Å²) < 4.78 is 5.74. The first kappa shape index (κ1) is 18.5. The average Bonchev–Trinajstić information content (AvgIpc) is 3.22. The van der Waals surface area contributed by atoms with Crippen molar-refractivity contribution in [1.82, 2.24) is 29.9 Å². The maximum Gasteiger partial charge on any atom is 0.275 e. The van der Waals surface area contributed by atoms with Gasteiger partial charge in [0.2, 0.25) is 5.88 Å². The average molecular weight is 366 g/mol. The van der Waals surface area contributed by atoms with Crippen molar-refractivity contribution >= 4 is 5.91 Å². The van der Waals surface area contributed by atoms with E-state index in [2.05, 4.69) is 20.2 Å². The Bertz CT molecular complexity index is 879. The summed E-state index contributed by atoms with van der Waals surface area (Å²) in [6.45, 7) is 6.68. The van der Waals surface area contributed by atoms with Gasteiger partial charge in [-0.2, -0.15) is 10.2 Å². The van der Waals surface area contributed by atoms with Gasteiger partial charge in [0.25, 0.3) is 5.91 Å². The van der Waals surface area contributed by atoms with E-state index >= 15 is 0 Å². The van der Waals surface area contributed by atoms with E-state index in [0.29, 0.717) is 30.4 Å². The van der Waals surface area contributed by atoms with Crippen LogP contribution in [0.1, 0.15) is 29.9 Å². The lowest BCUT2D eigenvalue weighted by Crippen LogP contribution is -2.42. The molecule has 8 heteroatoms. The van der Waals surface area contributed by atoms with Crippen LogP contribution in [0.3, 0.4) is 0 Å². The molecular weight excluding hydrogens is 344 g/mol. The van der Waals surface area contributed by atoms with Crippen molar-refractivity contribution in [3.63, 3.8) is 0 Å². The summed E-state index contributed by atoms with van der Waals surface area (Å²) in [6.07, 6.45) is 6.46. The Labute approximate surface area is 157 Å². The molecule has 0 spiro atoms. The van der Waals surface area contributed by atoms with E-state index in [1.165, 1.54) is 4.80 Å². The normalized spacial score (nSPS) is 11.8. The van der Waals surface area contributed by atoms with Gasteiger partial charge in [-0.25, -0.2) is 9.97 Å². The number of likely N-dealkylation sites (N-methyl/N-ethyl adjacent to an activating group) is 1. The van der Waals surface area contributed by atoms with Crippen molar-refractivity contribution in [1.29, 1.82) is 0 Å². The molecule has 0 unspecified atom stereocenters. The predicted octanol–water partition coefficient (Wildman–Crippen LogP) is 2.30. The summed E-state index contributed by atoms with van der Waals surface area (Å²) in [5, 5.41) is 8.21. The van der Waals surface area contributed by atoms with Gasteiger partial charge in [-0.1, -0.05) is 6.07 Å². The summed E-state index contributed by atoms with van der Waals surface area (Å²) >= 11 is 0. The fourth-order valence-electron chi connectivity index (χ4n) is 2.69. The van der Waals surface area contributed by atoms with Crippen LogP contribution in [0.4, 0.5) is 0 Å². The molecule has 0 aliphatic carbocycles. The summed E-state index contributed by atoms with van der Waals surface area (Å²) in [5.74, 6) is 0.341. The van der Waals surface area contributed by atoms with Crippen LogP contribution in [-0.4, -0.2) is 55.0 Å². The Hall–Kier alpha value is -3.29. The molecule has 3 rings (SSSR count). The van der Waals surface area contributed by atoms with Crippen molar-refractivity contribution in [2.45, 2.75) is 26.8 Å².